The van der Waals surface area contributed by atoms with Crippen LogP contribution >= 0.6 is 0 Å². The lowest BCUT2D eigenvalue weighted by Crippen LogP contribution is -2.31. The molecule has 0 spiro atoms. The van der Waals surface area contributed by atoms with Crippen LogP contribution in [0.15, 0.2) is 52.9 Å². The SMILES string of the molecule is CNC(c1cc2cccc(C)c2o1)C1Cc2ccccc21. The van der Waals surface area contributed by atoms with Crippen molar-refractivity contribution in [3.05, 3.63) is 71.0 Å². The molecule has 2 atom stereocenters. The molecule has 0 amide bonds. The van der Waals surface area contributed by atoms with E-state index in [0.29, 0.717) is 5.92 Å². The summed E-state index contributed by atoms with van der Waals surface area (Å²) in [6.45, 7) is 2.10. The van der Waals surface area contributed by atoms with Crippen molar-refractivity contribution in [2.24, 2.45) is 0 Å². The van der Waals surface area contributed by atoms with Gasteiger partial charge in [-0.1, -0.05) is 42.5 Å². The minimum atomic E-state index is 0.242. The van der Waals surface area contributed by atoms with Gasteiger partial charge in [0.15, 0.2) is 0 Å². The zero-order valence-corrected chi connectivity index (χ0v) is 12.4. The lowest BCUT2D eigenvalue weighted by molar-refractivity contribution is 0.372. The topological polar surface area (TPSA) is 25.2 Å². The van der Waals surface area contributed by atoms with Crippen LogP contribution in [-0.4, -0.2) is 7.05 Å². The Morgan fingerprint density at radius 1 is 1.14 bits per heavy atom. The van der Waals surface area contributed by atoms with Crippen molar-refractivity contribution in [3.8, 4) is 0 Å². The van der Waals surface area contributed by atoms with Gasteiger partial charge < -0.3 is 9.73 Å². The van der Waals surface area contributed by atoms with Crippen molar-refractivity contribution in [1.29, 1.82) is 0 Å². The second-order valence-electron chi connectivity index (χ2n) is 5.92. The van der Waals surface area contributed by atoms with E-state index in [-0.39, 0.29) is 6.04 Å². The van der Waals surface area contributed by atoms with Gasteiger partial charge in [-0.25, -0.2) is 0 Å². The van der Waals surface area contributed by atoms with E-state index in [4.69, 9.17) is 4.42 Å². The first-order valence-corrected chi connectivity index (χ1v) is 7.52. The molecule has 0 aliphatic heterocycles. The molecule has 3 aromatic rings. The van der Waals surface area contributed by atoms with Crippen molar-refractivity contribution in [3.63, 3.8) is 0 Å². The number of hydrogen-bond acceptors (Lipinski definition) is 2. The van der Waals surface area contributed by atoms with Crippen molar-refractivity contribution < 1.29 is 4.42 Å². The highest BCUT2D eigenvalue weighted by atomic mass is 16.3. The third-order valence-corrected chi connectivity index (χ3v) is 4.67. The molecule has 1 aliphatic carbocycles. The normalized spacial score (nSPS) is 18.3. The number of fused-ring (bicyclic) bond motifs is 2. The highest BCUT2D eigenvalue weighted by Crippen LogP contribution is 2.44. The molecule has 2 unspecified atom stereocenters. The van der Waals surface area contributed by atoms with Gasteiger partial charge in [-0.05, 0) is 43.1 Å². The molecule has 0 bridgehead atoms. The molecule has 2 nitrogen and oxygen atoms in total. The summed E-state index contributed by atoms with van der Waals surface area (Å²) in [5.41, 5.74) is 5.13. The summed E-state index contributed by atoms with van der Waals surface area (Å²) in [6, 6.07) is 17.4. The maximum Gasteiger partial charge on any atom is 0.137 e. The average Bonchev–Trinajstić information content (AvgIpc) is 2.90. The predicted molar refractivity (Wildman–Crippen MR) is 85.6 cm³/mol. The molecular formula is C19H19NO. The van der Waals surface area contributed by atoms with E-state index in [0.717, 1.165) is 17.8 Å². The summed E-state index contributed by atoms with van der Waals surface area (Å²) in [5, 5.41) is 4.64. The lowest BCUT2D eigenvalue weighted by atomic mass is 9.73. The lowest BCUT2D eigenvalue weighted by Gasteiger charge is -2.35. The predicted octanol–water partition coefficient (Wildman–Crippen LogP) is 4.34. The second kappa shape index (κ2) is 4.74. The van der Waals surface area contributed by atoms with Gasteiger partial charge in [0.25, 0.3) is 0 Å². The van der Waals surface area contributed by atoms with Crippen molar-refractivity contribution in [2.75, 3.05) is 7.05 Å². The Kier molecular flexibility index (Phi) is 2.86. The number of benzene rings is 2. The number of aryl methyl sites for hydroxylation is 1. The van der Waals surface area contributed by atoms with Crippen LogP contribution in [-0.2, 0) is 6.42 Å². The fourth-order valence-electron chi connectivity index (χ4n) is 3.52. The Labute approximate surface area is 124 Å². The second-order valence-corrected chi connectivity index (χ2v) is 5.92. The summed E-state index contributed by atoms with van der Waals surface area (Å²) < 4.78 is 6.16. The first-order chi connectivity index (χ1) is 10.3. The molecule has 106 valence electrons. The molecule has 2 aromatic carbocycles. The van der Waals surface area contributed by atoms with Crippen LogP contribution < -0.4 is 5.32 Å². The van der Waals surface area contributed by atoms with E-state index in [1.807, 2.05) is 7.05 Å². The third-order valence-electron chi connectivity index (χ3n) is 4.67. The molecule has 1 N–H and O–H groups in total. The molecule has 0 radical (unpaired) electrons. The summed E-state index contributed by atoms with van der Waals surface area (Å²) in [5.74, 6) is 1.55. The van der Waals surface area contributed by atoms with E-state index in [1.165, 1.54) is 22.1 Å². The largest absolute Gasteiger partial charge is 0.459 e. The van der Waals surface area contributed by atoms with Gasteiger partial charge in [-0.2, -0.15) is 0 Å². The summed E-state index contributed by atoms with van der Waals surface area (Å²) in [7, 11) is 2.02. The number of nitrogens with one attached hydrogen (secondary N) is 1. The molecular weight excluding hydrogens is 258 g/mol. The Hall–Kier alpha value is -2.06. The van der Waals surface area contributed by atoms with Crippen LogP contribution in [0, 0.1) is 6.92 Å². The number of hydrogen-bond donors (Lipinski definition) is 1. The standard InChI is InChI=1S/C19H19NO/c1-12-6-5-8-14-11-17(21-19(12)14)18(20-2)16-10-13-7-3-4-9-15(13)16/h3-9,11,16,18,20H,10H2,1-2H3. The van der Waals surface area contributed by atoms with E-state index in [9.17, 15) is 0 Å². The van der Waals surface area contributed by atoms with Crippen molar-refractivity contribution >= 4 is 11.0 Å². The molecule has 1 aliphatic rings. The Bertz CT molecular complexity index is 802. The first-order valence-electron chi connectivity index (χ1n) is 7.52. The van der Waals surface area contributed by atoms with Crippen LogP contribution in [0.3, 0.4) is 0 Å². The smallest absolute Gasteiger partial charge is 0.137 e. The molecule has 0 saturated heterocycles. The first kappa shape index (κ1) is 12.7. The van der Waals surface area contributed by atoms with Crippen LogP contribution in [0.25, 0.3) is 11.0 Å². The fraction of sp³-hybridized carbons (Fsp3) is 0.263. The van der Waals surface area contributed by atoms with Gasteiger partial charge in [0, 0.05) is 11.3 Å². The fourth-order valence-corrected chi connectivity index (χ4v) is 3.52. The van der Waals surface area contributed by atoms with E-state index in [1.54, 1.807) is 0 Å². The summed E-state index contributed by atoms with van der Waals surface area (Å²) >= 11 is 0. The number of likely N-dealkylation sites (N-methyl/N-ethyl adjacent to an activating group) is 1. The van der Waals surface area contributed by atoms with Gasteiger partial charge in [0.2, 0.25) is 0 Å². The van der Waals surface area contributed by atoms with Crippen molar-refractivity contribution in [1.82, 2.24) is 5.32 Å². The number of furan rings is 1. The summed E-state index contributed by atoms with van der Waals surface area (Å²) in [4.78, 5) is 0. The Morgan fingerprint density at radius 3 is 2.76 bits per heavy atom. The minimum Gasteiger partial charge on any atom is -0.459 e. The van der Waals surface area contributed by atoms with Gasteiger partial charge in [0.05, 0.1) is 6.04 Å². The molecule has 0 fully saturated rings. The molecule has 1 heterocycles. The van der Waals surface area contributed by atoms with Gasteiger partial charge in [-0.3, -0.25) is 0 Å². The Morgan fingerprint density at radius 2 is 2.00 bits per heavy atom. The van der Waals surface area contributed by atoms with Crippen LogP contribution in [0.1, 0.15) is 34.4 Å². The Balaban J connectivity index is 1.75. The number of para-hydroxylation sites is 1. The molecule has 0 saturated carbocycles. The van der Waals surface area contributed by atoms with Gasteiger partial charge >= 0.3 is 0 Å². The van der Waals surface area contributed by atoms with Gasteiger partial charge in [-0.15, -0.1) is 0 Å². The molecule has 4 rings (SSSR count). The third kappa shape index (κ3) is 1.90. The van der Waals surface area contributed by atoms with E-state index >= 15 is 0 Å². The van der Waals surface area contributed by atoms with Crippen LogP contribution in [0.2, 0.25) is 0 Å². The highest BCUT2D eigenvalue weighted by Gasteiger charge is 2.34. The minimum absolute atomic E-state index is 0.242. The van der Waals surface area contributed by atoms with Crippen molar-refractivity contribution in [2.45, 2.75) is 25.3 Å². The average molecular weight is 277 g/mol. The molecule has 21 heavy (non-hydrogen) atoms. The maximum absolute atomic E-state index is 6.16. The van der Waals surface area contributed by atoms with Crippen LogP contribution in [0.5, 0.6) is 0 Å². The highest BCUT2D eigenvalue weighted by molar-refractivity contribution is 5.81. The quantitative estimate of drug-likeness (QED) is 0.770. The van der Waals surface area contributed by atoms with E-state index < -0.39 is 0 Å². The zero-order chi connectivity index (χ0) is 14.4. The number of rotatable bonds is 3. The molecule has 2 heteroatoms. The van der Waals surface area contributed by atoms with E-state index in [2.05, 4.69) is 60.8 Å². The zero-order valence-electron chi connectivity index (χ0n) is 12.4. The van der Waals surface area contributed by atoms with Gasteiger partial charge in [0.1, 0.15) is 11.3 Å². The molecule has 1 aromatic heterocycles. The maximum atomic E-state index is 6.16. The monoisotopic (exact) mass is 277 g/mol. The van der Waals surface area contributed by atoms with Crippen LogP contribution in [0.4, 0.5) is 0 Å². The summed E-state index contributed by atoms with van der Waals surface area (Å²) in [6.07, 6.45) is 1.12.